The number of aryl methyl sites for hydroxylation is 1. The normalized spacial score (nSPS) is 17.2. The van der Waals surface area contributed by atoms with Crippen LogP contribution in [0.2, 0.25) is 10.0 Å². The van der Waals surface area contributed by atoms with Gasteiger partial charge in [0, 0.05) is 89.2 Å². The summed E-state index contributed by atoms with van der Waals surface area (Å²) in [7, 11) is 3.74. The number of nitrogens with zero attached hydrogens (tertiary/aromatic N) is 13. The molecule has 21 nitrogen and oxygen atoms in total. The highest BCUT2D eigenvalue weighted by Gasteiger charge is 2.38. The Morgan fingerprint density at radius 2 is 1.08 bits per heavy atom. The molecule has 496 valence electrons. The Kier molecular flexibility index (Phi) is 20.0. The van der Waals surface area contributed by atoms with Crippen LogP contribution in [0, 0.1) is 24.5 Å². The number of anilines is 5. The van der Waals surface area contributed by atoms with Crippen molar-refractivity contribution in [1.82, 2.24) is 48.8 Å². The maximum atomic E-state index is 15.8. The number of carbonyl (C=O) groups excluding carboxylic acids is 4. The molecule has 1 aliphatic carbocycles. The Bertz CT molecular complexity index is 4510. The second-order valence-electron chi connectivity index (χ2n) is 25.2. The molecule has 3 aliphatic rings. The average molecular weight is 1330 g/mol. The summed E-state index contributed by atoms with van der Waals surface area (Å²) in [6, 6.07) is 14.8. The number of nitrogens with one attached hydrogen (secondary N) is 2. The lowest BCUT2D eigenvalue weighted by Gasteiger charge is -2.44. The number of piperazine rings is 2. The first-order chi connectivity index (χ1) is 45.2. The Hall–Kier alpha value is -9.48. The maximum absolute atomic E-state index is 15.8. The van der Waals surface area contributed by atoms with E-state index in [0.29, 0.717) is 77.0 Å². The van der Waals surface area contributed by atoms with Gasteiger partial charge in [0.25, 0.3) is 0 Å². The van der Waals surface area contributed by atoms with E-state index in [1.54, 1.807) is 59.4 Å². The quantitative estimate of drug-likeness (QED) is 0.0909. The third-order valence-corrected chi connectivity index (χ3v) is 18.0. The molecule has 8 heterocycles. The highest BCUT2D eigenvalue weighted by molar-refractivity contribution is 6.34. The van der Waals surface area contributed by atoms with Crippen LogP contribution in [-0.4, -0.2) is 137 Å². The van der Waals surface area contributed by atoms with Gasteiger partial charge in [-0.3, -0.25) is 29.1 Å². The molecule has 8 aromatic rings. The minimum absolute atomic E-state index is 0.000838. The fourth-order valence-corrected chi connectivity index (χ4v) is 12.9. The van der Waals surface area contributed by atoms with Crippen molar-refractivity contribution < 1.29 is 28.0 Å². The van der Waals surface area contributed by atoms with Gasteiger partial charge in [0.05, 0.1) is 83.2 Å². The van der Waals surface area contributed by atoms with E-state index in [0.717, 1.165) is 18.4 Å². The number of fused-ring (bicyclic) bond motifs is 2. The van der Waals surface area contributed by atoms with Gasteiger partial charge in [0.2, 0.25) is 23.6 Å². The van der Waals surface area contributed by atoms with Gasteiger partial charge in [0.15, 0.2) is 11.3 Å². The molecule has 2 aromatic carbocycles. The Morgan fingerprint density at radius 3 is 1.52 bits per heavy atom. The van der Waals surface area contributed by atoms with Gasteiger partial charge in [-0.05, 0) is 126 Å². The van der Waals surface area contributed by atoms with E-state index in [9.17, 15) is 28.8 Å². The Labute approximate surface area is 559 Å². The van der Waals surface area contributed by atoms with Crippen molar-refractivity contribution in [3.63, 3.8) is 0 Å². The van der Waals surface area contributed by atoms with E-state index in [1.807, 2.05) is 97.2 Å². The molecule has 4 atom stereocenters. The van der Waals surface area contributed by atoms with Crippen molar-refractivity contribution in [2.45, 2.75) is 125 Å². The topological polar surface area (TPSA) is 230 Å². The monoisotopic (exact) mass is 1330 g/mol. The first kappa shape index (κ1) is 68.4. The predicted molar refractivity (Wildman–Crippen MR) is 371 cm³/mol. The van der Waals surface area contributed by atoms with Gasteiger partial charge in [-0.25, -0.2) is 37.5 Å². The smallest absolute Gasteiger partial charge is 0.355 e. The third-order valence-electron chi connectivity index (χ3n) is 17.4. The molecular weight excluding hydrogens is 1260 g/mol. The second kappa shape index (κ2) is 27.8. The summed E-state index contributed by atoms with van der Waals surface area (Å²) in [5, 5.41) is 6.73. The van der Waals surface area contributed by atoms with E-state index in [2.05, 4.69) is 43.7 Å². The van der Waals surface area contributed by atoms with Crippen LogP contribution in [0.4, 0.5) is 37.5 Å². The van der Waals surface area contributed by atoms with Gasteiger partial charge < -0.3 is 35.1 Å². The number of benzene rings is 2. The lowest BCUT2D eigenvalue weighted by atomic mass is 10.0. The number of aromatic nitrogens is 8. The number of amides is 4. The standard InChI is InChI=1S/C36H40ClFN8O3.C34H37ClFN7O3/c1-8-28(47)44-17-21(5)45(18-20(44)4)33-23-16-24(37)31(29-25(38)10-9-11-26(29)40-35(48)22-12-13-22)41-34(23)46(36(49)42-33)32-27(43(6)7)14-15-39-30(32)19(2)3;1-8-26(44)38-25-12-10-11-24(36)28(25)30-23(35)15-22-32(42-17-20(6)41(16-21(42)7)27(45)9-2)40-34(46)43(33(22)39-30)31-19(5)13-14-37-29(31)18(3)4/h8-11,14-16,19-22H,1,12-13,17-18H2,2-7H3,(H,40,48);9-15,18,20-21H,2,8,16-17H2,1,3-7H3,(H,38,44). The molecule has 95 heavy (non-hydrogen) atoms. The zero-order valence-corrected chi connectivity index (χ0v) is 56.8. The summed E-state index contributed by atoms with van der Waals surface area (Å²) in [5.41, 5.74) is 3.57. The summed E-state index contributed by atoms with van der Waals surface area (Å²) >= 11 is 13.9. The number of hydrogen-bond acceptors (Lipinski definition) is 15. The van der Waals surface area contributed by atoms with E-state index in [4.69, 9.17) is 33.2 Å². The van der Waals surface area contributed by atoms with Crippen LogP contribution >= 0.6 is 23.2 Å². The first-order valence-corrected chi connectivity index (χ1v) is 32.4. The minimum Gasteiger partial charge on any atom is -0.376 e. The molecule has 4 amide bonds. The van der Waals surface area contributed by atoms with Gasteiger partial charge in [0.1, 0.15) is 23.3 Å². The van der Waals surface area contributed by atoms with Crippen molar-refractivity contribution in [2.24, 2.45) is 5.92 Å². The summed E-state index contributed by atoms with van der Waals surface area (Å²) in [5.74, 6) is -1.69. The van der Waals surface area contributed by atoms with Crippen LogP contribution < -0.4 is 36.7 Å². The molecule has 1 saturated carbocycles. The number of hydrogen-bond donors (Lipinski definition) is 2. The number of carbonyl (C=O) groups is 4. The molecule has 6 aromatic heterocycles. The molecule has 11 rings (SSSR count). The van der Waals surface area contributed by atoms with Crippen molar-refractivity contribution in [1.29, 1.82) is 0 Å². The van der Waals surface area contributed by atoms with E-state index >= 15 is 8.78 Å². The number of halogens is 4. The summed E-state index contributed by atoms with van der Waals surface area (Å²) < 4.78 is 34.3. The average Bonchev–Trinajstić information content (AvgIpc) is 1.73. The minimum atomic E-state index is -0.642. The van der Waals surface area contributed by atoms with E-state index in [1.165, 1.54) is 45.6 Å². The Morgan fingerprint density at radius 1 is 0.642 bits per heavy atom. The lowest BCUT2D eigenvalue weighted by Crippen LogP contribution is -2.58. The van der Waals surface area contributed by atoms with Gasteiger partial charge in [-0.15, -0.1) is 0 Å². The van der Waals surface area contributed by atoms with Crippen LogP contribution in [-0.2, 0) is 19.2 Å². The zero-order valence-electron chi connectivity index (χ0n) is 55.3. The Balaban J connectivity index is 0.000000207. The maximum Gasteiger partial charge on any atom is 0.355 e. The van der Waals surface area contributed by atoms with Crippen LogP contribution in [0.3, 0.4) is 0 Å². The summed E-state index contributed by atoms with van der Waals surface area (Å²) in [6.07, 6.45) is 7.71. The molecule has 2 N–H and O–H groups in total. The van der Waals surface area contributed by atoms with Crippen LogP contribution in [0.25, 0.3) is 56.0 Å². The molecule has 4 unspecified atom stereocenters. The highest BCUT2D eigenvalue weighted by Crippen LogP contribution is 2.43. The number of rotatable bonds is 15. The third kappa shape index (κ3) is 13.4. The molecule has 2 saturated heterocycles. The summed E-state index contributed by atoms with van der Waals surface area (Å²) in [4.78, 5) is 117. The van der Waals surface area contributed by atoms with Gasteiger partial charge in [-0.2, -0.15) is 9.97 Å². The van der Waals surface area contributed by atoms with E-state index in [-0.39, 0.29) is 127 Å². The predicted octanol–water partition coefficient (Wildman–Crippen LogP) is 11.8. The fourth-order valence-electron chi connectivity index (χ4n) is 12.4. The van der Waals surface area contributed by atoms with E-state index < -0.39 is 23.0 Å². The molecule has 0 spiro atoms. The molecule has 0 radical (unpaired) electrons. The van der Waals surface area contributed by atoms with Crippen LogP contribution in [0.5, 0.6) is 0 Å². The second-order valence-corrected chi connectivity index (χ2v) is 26.0. The van der Waals surface area contributed by atoms with Crippen molar-refractivity contribution in [2.75, 3.05) is 65.6 Å². The lowest BCUT2D eigenvalue weighted by molar-refractivity contribution is -0.129. The van der Waals surface area contributed by atoms with Crippen LogP contribution in [0.15, 0.2) is 108 Å². The van der Waals surface area contributed by atoms with Crippen molar-refractivity contribution in [3.8, 4) is 33.9 Å². The van der Waals surface area contributed by atoms with Crippen molar-refractivity contribution in [3.05, 3.63) is 158 Å². The molecule has 25 heteroatoms. The number of pyridine rings is 4. The summed E-state index contributed by atoms with van der Waals surface area (Å²) in [6.45, 7) is 28.0. The first-order valence-electron chi connectivity index (χ1n) is 31.7. The zero-order chi connectivity index (χ0) is 68.8. The van der Waals surface area contributed by atoms with Gasteiger partial charge in [-0.1, -0.05) is 83.1 Å². The molecule has 0 bridgehead atoms. The van der Waals surface area contributed by atoms with Gasteiger partial charge >= 0.3 is 11.4 Å². The largest absolute Gasteiger partial charge is 0.376 e. The fraction of sp³-hybridized carbons (Fsp3) is 0.371. The van der Waals surface area contributed by atoms with Crippen molar-refractivity contribution >= 4 is 97.6 Å². The SMILES string of the molecule is C=CC(=O)N1CC(C)N(c2nc(=O)n(-c3c(C)ccnc3C(C)C)c3nc(-c4c(F)cccc4NC(=O)CC)c(Cl)cc23)CC1C.C=CC(=O)N1CC(C)N(c2nc(=O)n(-c3c(N(C)C)ccnc3C(C)C)c3nc(-c4c(F)cccc4NC(=O)C4CC4)c(Cl)cc23)CC1C. The molecular formula is C70H77Cl2F2N15O6. The van der Waals surface area contributed by atoms with Crippen LogP contribution in [0.1, 0.15) is 110 Å². The molecule has 3 fully saturated rings. The molecule has 2 aliphatic heterocycles. The highest BCUT2D eigenvalue weighted by atomic mass is 35.5.